The van der Waals surface area contributed by atoms with Crippen LogP contribution in [-0.4, -0.2) is 37.1 Å². The van der Waals surface area contributed by atoms with E-state index < -0.39 is 0 Å². The van der Waals surface area contributed by atoms with E-state index in [9.17, 15) is 0 Å². The second kappa shape index (κ2) is 9.34. The molecule has 1 aromatic carbocycles. The minimum absolute atomic E-state index is 0.543. The minimum atomic E-state index is 0.543. The van der Waals surface area contributed by atoms with Gasteiger partial charge < -0.3 is 10.6 Å². The van der Waals surface area contributed by atoms with Gasteiger partial charge in [-0.15, -0.1) is 0 Å². The van der Waals surface area contributed by atoms with E-state index in [0.29, 0.717) is 6.04 Å². The van der Waals surface area contributed by atoms with Crippen LogP contribution in [0.5, 0.6) is 0 Å². The van der Waals surface area contributed by atoms with Crippen molar-refractivity contribution in [2.24, 2.45) is 5.92 Å². The fraction of sp³-hybridized carbons (Fsp3) is 0.739. The van der Waals surface area contributed by atoms with Crippen LogP contribution in [0.4, 0.5) is 0 Å². The van der Waals surface area contributed by atoms with Crippen molar-refractivity contribution in [3.63, 3.8) is 0 Å². The third kappa shape index (κ3) is 4.88. The predicted octanol–water partition coefficient (Wildman–Crippen LogP) is 4.25. The maximum absolute atomic E-state index is 4.10. The first-order valence-corrected chi connectivity index (χ1v) is 11.2. The van der Waals surface area contributed by atoms with Gasteiger partial charge in [0.1, 0.15) is 0 Å². The van der Waals surface area contributed by atoms with E-state index >= 15 is 0 Å². The summed E-state index contributed by atoms with van der Waals surface area (Å²) in [6.07, 6.45) is 12.4. The SMILES string of the molecule is c1cc(C(NC2CCCCC2)C2CCNCC2)ccc1CN1CCCC1. The van der Waals surface area contributed by atoms with Gasteiger partial charge in [-0.05, 0) is 81.7 Å². The van der Waals surface area contributed by atoms with Crippen LogP contribution in [0.2, 0.25) is 0 Å². The summed E-state index contributed by atoms with van der Waals surface area (Å²) < 4.78 is 0. The number of hydrogen-bond donors (Lipinski definition) is 2. The Labute approximate surface area is 159 Å². The average molecular weight is 356 g/mol. The van der Waals surface area contributed by atoms with Crippen molar-refractivity contribution in [2.75, 3.05) is 26.2 Å². The molecule has 2 saturated heterocycles. The number of hydrogen-bond acceptors (Lipinski definition) is 3. The van der Waals surface area contributed by atoms with Crippen molar-refractivity contribution < 1.29 is 0 Å². The molecule has 3 heteroatoms. The number of rotatable bonds is 6. The fourth-order valence-electron chi connectivity index (χ4n) is 5.23. The molecule has 0 amide bonds. The number of nitrogens with one attached hydrogen (secondary N) is 2. The minimum Gasteiger partial charge on any atom is -0.317 e. The molecule has 0 radical (unpaired) electrons. The number of piperidine rings is 1. The molecular formula is C23H37N3. The van der Waals surface area contributed by atoms with Gasteiger partial charge in [-0.3, -0.25) is 4.90 Å². The van der Waals surface area contributed by atoms with E-state index in [1.54, 1.807) is 0 Å². The highest BCUT2D eigenvalue weighted by atomic mass is 15.1. The molecule has 1 unspecified atom stereocenters. The van der Waals surface area contributed by atoms with E-state index in [0.717, 1.165) is 18.5 Å². The average Bonchev–Trinajstić information content (AvgIpc) is 3.21. The summed E-state index contributed by atoms with van der Waals surface area (Å²) in [6, 6.07) is 10.9. The first kappa shape index (κ1) is 18.5. The van der Waals surface area contributed by atoms with Gasteiger partial charge in [-0.2, -0.15) is 0 Å². The fourth-order valence-corrected chi connectivity index (χ4v) is 5.23. The maximum atomic E-state index is 4.10. The normalized spacial score (nSPS) is 24.8. The number of benzene rings is 1. The summed E-state index contributed by atoms with van der Waals surface area (Å²) in [7, 11) is 0. The zero-order valence-electron chi connectivity index (χ0n) is 16.4. The molecule has 1 saturated carbocycles. The molecule has 3 nitrogen and oxygen atoms in total. The van der Waals surface area contributed by atoms with Crippen LogP contribution in [0, 0.1) is 5.92 Å². The highest BCUT2D eigenvalue weighted by Gasteiger charge is 2.27. The van der Waals surface area contributed by atoms with Crippen molar-refractivity contribution in [3.8, 4) is 0 Å². The van der Waals surface area contributed by atoms with E-state index in [1.807, 2.05) is 0 Å². The Kier molecular flexibility index (Phi) is 6.63. The van der Waals surface area contributed by atoms with Crippen LogP contribution in [0.3, 0.4) is 0 Å². The molecule has 2 N–H and O–H groups in total. The Hall–Kier alpha value is -0.900. The first-order valence-electron chi connectivity index (χ1n) is 11.2. The second-order valence-corrected chi connectivity index (χ2v) is 8.79. The third-order valence-corrected chi connectivity index (χ3v) is 6.82. The molecule has 3 fully saturated rings. The molecule has 0 spiro atoms. The number of likely N-dealkylation sites (tertiary alicyclic amines) is 1. The lowest BCUT2D eigenvalue weighted by molar-refractivity contribution is 0.241. The molecular weight excluding hydrogens is 318 g/mol. The van der Waals surface area contributed by atoms with Gasteiger partial charge in [-0.1, -0.05) is 43.5 Å². The van der Waals surface area contributed by atoms with E-state index in [1.165, 1.54) is 95.1 Å². The smallest absolute Gasteiger partial charge is 0.0351 e. The first-order chi connectivity index (χ1) is 12.9. The van der Waals surface area contributed by atoms with Crippen LogP contribution >= 0.6 is 0 Å². The van der Waals surface area contributed by atoms with Crippen LogP contribution in [0.1, 0.15) is 75.0 Å². The largest absolute Gasteiger partial charge is 0.317 e. The Morgan fingerprint density at radius 3 is 2.27 bits per heavy atom. The summed E-state index contributed by atoms with van der Waals surface area (Å²) in [5, 5.41) is 7.64. The Bertz CT molecular complexity index is 523. The summed E-state index contributed by atoms with van der Waals surface area (Å²) in [6.45, 7) is 6.06. The molecule has 3 aliphatic rings. The van der Waals surface area contributed by atoms with E-state index in [2.05, 4.69) is 39.8 Å². The monoisotopic (exact) mass is 355 g/mol. The highest BCUT2D eigenvalue weighted by Crippen LogP contribution is 2.32. The Morgan fingerprint density at radius 1 is 0.885 bits per heavy atom. The predicted molar refractivity (Wildman–Crippen MR) is 109 cm³/mol. The van der Waals surface area contributed by atoms with Crippen molar-refractivity contribution in [1.29, 1.82) is 0 Å². The molecule has 1 aliphatic carbocycles. The zero-order chi connectivity index (χ0) is 17.6. The molecule has 2 aliphatic heterocycles. The van der Waals surface area contributed by atoms with E-state index in [-0.39, 0.29) is 0 Å². The molecule has 1 atom stereocenters. The topological polar surface area (TPSA) is 27.3 Å². The van der Waals surface area contributed by atoms with Crippen LogP contribution in [0.15, 0.2) is 24.3 Å². The standard InChI is InChI=1S/C23H37N3/c1-2-6-22(7-3-1)25-23(21-12-14-24-15-13-21)20-10-8-19(9-11-20)18-26-16-4-5-17-26/h8-11,21-25H,1-7,12-18H2. The van der Waals surface area contributed by atoms with Gasteiger partial charge in [0.15, 0.2) is 0 Å². The molecule has 2 heterocycles. The molecule has 4 rings (SSSR count). The van der Waals surface area contributed by atoms with Gasteiger partial charge in [0.25, 0.3) is 0 Å². The van der Waals surface area contributed by atoms with Gasteiger partial charge in [0.2, 0.25) is 0 Å². The highest BCUT2D eigenvalue weighted by molar-refractivity contribution is 5.26. The lowest BCUT2D eigenvalue weighted by atomic mass is 9.84. The Balaban J connectivity index is 1.44. The zero-order valence-corrected chi connectivity index (χ0v) is 16.4. The second-order valence-electron chi connectivity index (χ2n) is 8.79. The van der Waals surface area contributed by atoms with Crippen molar-refractivity contribution in [3.05, 3.63) is 35.4 Å². The quantitative estimate of drug-likeness (QED) is 0.799. The summed E-state index contributed by atoms with van der Waals surface area (Å²) in [5.74, 6) is 0.780. The van der Waals surface area contributed by atoms with Crippen molar-refractivity contribution in [1.82, 2.24) is 15.5 Å². The summed E-state index contributed by atoms with van der Waals surface area (Å²) in [5.41, 5.74) is 3.00. The molecule has 0 bridgehead atoms. The summed E-state index contributed by atoms with van der Waals surface area (Å²) in [4.78, 5) is 2.60. The van der Waals surface area contributed by atoms with Crippen LogP contribution in [-0.2, 0) is 6.54 Å². The van der Waals surface area contributed by atoms with Gasteiger partial charge in [0.05, 0.1) is 0 Å². The van der Waals surface area contributed by atoms with Crippen molar-refractivity contribution in [2.45, 2.75) is 76.4 Å². The van der Waals surface area contributed by atoms with Gasteiger partial charge in [0, 0.05) is 18.6 Å². The third-order valence-electron chi connectivity index (χ3n) is 6.82. The number of nitrogens with zero attached hydrogens (tertiary/aromatic N) is 1. The van der Waals surface area contributed by atoms with Crippen LogP contribution < -0.4 is 10.6 Å². The Morgan fingerprint density at radius 2 is 1.58 bits per heavy atom. The molecule has 1 aromatic rings. The van der Waals surface area contributed by atoms with E-state index in [4.69, 9.17) is 0 Å². The van der Waals surface area contributed by atoms with Gasteiger partial charge in [-0.25, -0.2) is 0 Å². The van der Waals surface area contributed by atoms with Crippen LogP contribution in [0.25, 0.3) is 0 Å². The van der Waals surface area contributed by atoms with Gasteiger partial charge >= 0.3 is 0 Å². The lowest BCUT2D eigenvalue weighted by Crippen LogP contribution is -2.41. The lowest BCUT2D eigenvalue weighted by Gasteiger charge is -2.36. The maximum Gasteiger partial charge on any atom is 0.0351 e. The van der Waals surface area contributed by atoms with Crippen molar-refractivity contribution >= 4 is 0 Å². The molecule has 0 aromatic heterocycles. The summed E-state index contributed by atoms with van der Waals surface area (Å²) >= 11 is 0. The molecule has 144 valence electrons. The molecule has 26 heavy (non-hydrogen) atoms.